The Balaban J connectivity index is 2.69. The first-order valence-corrected chi connectivity index (χ1v) is 2.25. The first-order valence-electron chi connectivity index (χ1n) is 2.25. The van der Waals surface area contributed by atoms with E-state index in [9.17, 15) is 0 Å². The molecule has 37 valence electrons. The Hall–Kier alpha value is -0.630. The summed E-state index contributed by atoms with van der Waals surface area (Å²) < 4.78 is 0. The summed E-state index contributed by atoms with van der Waals surface area (Å²) >= 11 is 0. The standard InChI is InChI=1S/C5H8N2/c1-5-3-4-7(2)6-5/h3-4H,1-2H3/q+1. The van der Waals surface area contributed by atoms with Crippen molar-refractivity contribution in [3.05, 3.63) is 12.3 Å². The van der Waals surface area contributed by atoms with Gasteiger partial charge in [-0.2, -0.15) is 0 Å². The van der Waals surface area contributed by atoms with E-state index in [1.165, 1.54) is 0 Å². The maximum Gasteiger partial charge on any atom is 0.178 e. The molecule has 0 bridgehead atoms. The number of hydrogen-bond donors (Lipinski definition) is 0. The van der Waals surface area contributed by atoms with E-state index in [1.54, 1.807) is 5.01 Å². The van der Waals surface area contributed by atoms with Gasteiger partial charge in [0, 0.05) is 6.08 Å². The molecule has 0 spiro atoms. The third kappa shape index (κ3) is 0.871. The van der Waals surface area contributed by atoms with Gasteiger partial charge in [0.1, 0.15) is 12.8 Å². The Morgan fingerprint density at radius 2 is 2.43 bits per heavy atom. The molecule has 0 unspecified atom stereocenters. The van der Waals surface area contributed by atoms with Gasteiger partial charge in [0.25, 0.3) is 0 Å². The van der Waals surface area contributed by atoms with Gasteiger partial charge in [0.2, 0.25) is 0 Å². The lowest BCUT2D eigenvalue weighted by Gasteiger charge is -1.77. The summed E-state index contributed by atoms with van der Waals surface area (Å²) in [5.41, 5.74) is 1.07. The molecule has 0 aromatic heterocycles. The van der Waals surface area contributed by atoms with E-state index in [0.29, 0.717) is 0 Å². The summed E-state index contributed by atoms with van der Waals surface area (Å²) in [6, 6.07) is 0. The number of rotatable bonds is 0. The van der Waals surface area contributed by atoms with Gasteiger partial charge in [-0.05, 0) is 17.0 Å². The lowest BCUT2D eigenvalue weighted by Crippen LogP contribution is -2.03. The van der Waals surface area contributed by atoms with E-state index in [1.807, 2.05) is 26.2 Å². The zero-order chi connectivity index (χ0) is 5.28. The van der Waals surface area contributed by atoms with Gasteiger partial charge in [0.15, 0.2) is 6.20 Å². The molecule has 0 N–H and O–H groups in total. The van der Waals surface area contributed by atoms with Gasteiger partial charge in [-0.15, -0.1) is 0 Å². The van der Waals surface area contributed by atoms with Crippen molar-refractivity contribution in [3.63, 3.8) is 0 Å². The van der Waals surface area contributed by atoms with Crippen molar-refractivity contribution < 1.29 is 0 Å². The lowest BCUT2D eigenvalue weighted by atomic mass is 10.4. The zero-order valence-electron chi connectivity index (χ0n) is 4.55. The smallest absolute Gasteiger partial charge is 0.0269 e. The van der Waals surface area contributed by atoms with E-state index >= 15 is 0 Å². The number of allylic oxidation sites excluding steroid dienone is 1. The minimum Gasteiger partial charge on any atom is -0.0269 e. The molecule has 0 aromatic rings. The van der Waals surface area contributed by atoms with Gasteiger partial charge >= 0.3 is 0 Å². The highest BCUT2D eigenvalue weighted by atomic mass is 15.4. The second-order valence-corrected chi connectivity index (χ2v) is 1.63. The second-order valence-electron chi connectivity index (χ2n) is 1.63. The van der Waals surface area contributed by atoms with Crippen molar-refractivity contribution in [2.75, 3.05) is 7.05 Å². The minimum atomic E-state index is 1.07. The van der Waals surface area contributed by atoms with Crippen LogP contribution in [0.4, 0.5) is 0 Å². The Bertz CT molecular complexity index is 124. The Kier molecular flexibility index (Phi) is 0.947. The van der Waals surface area contributed by atoms with Crippen molar-refractivity contribution in [3.8, 4) is 0 Å². The molecule has 1 aliphatic heterocycles. The third-order valence-corrected chi connectivity index (χ3v) is 0.847. The van der Waals surface area contributed by atoms with Crippen LogP contribution >= 0.6 is 0 Å². The van der Waals surface area contributed by atoms with Gasteiger partial charge in [0.05, 0.1) is 0 Å². The van der Waals surface area contributed by atoms with Crippen LogP contribution in [0.25, 0.3) is 0 Å². The minimum absolute atomic E-state index is 1.07. The molecule has 0 saturated heterocycles. The maximum atomic E-state index is 4.03. The fourth-order valence-electron chi connectivity index (χ4n) is 0.531. The molecular weight excluding hydrogens is 88.1 g/mol. The van der Waals surface area contributed by atoms with Crippen molar-refractivity contribution in [1.82, 2.24) is 5.01 Å². The van der Waals surface area contributed by atoms with Crippen LogP contribution in [0.3, 0.4) is 0 Å². The van der Waals surface area contributed by atoms with E-state index in [0.717, 1.165) is 5.71 Å². The molecule has 1 rings (SSSR count). The maximum absolute atomic E-state index is 4.03. The van der Waals surface area contributed by atoms with Crippen LogP contribution in [-0.4, -0.2) is 12.8 Å². The molecule has 1 radical (unpaired) electrons. The average Bonchev–Trinajstić information content (AvgIpc) is 1.87. The summed E-state index contributed by atoms with van der Waals surface area (Å²) in [5, 5.41) is 5.81. The van der Waals surface area contributed by atoms with Crippen LogP contribution in [-0.2, 0) is 0 Å². The first kappa shape index (κ1) is 4.53. The van der Waals surface area contributed by atoms with Crippen LogP contribution < -0.4 is 5.01 Å². The van der Waals surface area contributed by atoms with Crippen LogP contribution in [0, 0.1) is 0 Å². The summed E-state index contributed by atoms with van der Waals surface area (Å²) in [7, 11) is 1.91. The topological polar surface area (TPSA) is 18.3 Å². The molecular formula is C5H8N2+. The van der Waals surface area contributed by atoms with Crippen LogP contribution in [0.5, 0.6) is 0 Å². The predicted molar refractivity (Wildman–Crippen MR) is 30.3 cm³/mol. The Morgan fingerprint density at radius 3 is 2.57 bits per heavy atom. The Morgan fingerprint density at radius 1 is 1.71 bits per heavy atom. The van der Waals surface area contributed by atoms with Gasteiger partial charge < -0.3 is 0 Å². The highest BCUT2D eigenvalue weighted by molar-refractivity contribution is 5.93. The van der Waals surface area contributed by atoms with Crippen molar-refractivity contribution in [2.45, 2.75) is 6.92 Å². The number of hydrazone groups is 1. The molecule has 0 amide bonds. The molecule has 1 heterocycles. The highest BCUT2D eigenvalue weighted by Crippen LogP contribution is 1.92. The predicted octanol–water partition coefficient (Wildman–Crippen LogP) is 0.659. The molecule has 0 atom stereocenters. The summed E-state index contributed by atoms with van der Waals surface area (Å²) in [5.74, 6) is 0. The quantitative estimate of drug-likeness (QED) is 0.394. The molecule has 7 heavy (non-hydrogen) atoms. The van der Waals surface area contributed by atoms with Gasteiger partial charge in [-0.3, -0.25) is 0 Å². The monoisotopic (exact) mass is 96.1 g/mol. The van der Waals surface area contributed by atoms with E-state index < -0.39 is 0 Å². The average molecular weight is 96.1 g/mol. The molecule has 1 aliphatic rings. The fraction of sp³-hybridized carbons (Fsp3) is 0.400. The SMILES string of the molecule is CC1=N[N+](C)C=C1. The molecule has 2 nitrogen and oxygen atoms in total. The number of nitrogens with zero attached hydrogens (tertiary/aromatic N) is 2. The largest absolute Gasteiger partial charge is 0.178 e. The highest BCUT2D eigenvalue weighted by Gasteiger charge is 2.07. The van der Waals surface area contributed by atoms with E-state index in [2.05, 4.69) is 5.10 Å². The number of hydrogen-bond acceptors (Lipinski definition) is 2. The summed E-state index contributed by atoms with van der Waals surface area (Å²) in [6.07, 6.45) is 3.90. The van der Waals surface area contributed by atoms with Crippen molar-refractivity contribution >= 4 is 5.71 Å². The van der Waals surface area contributed by atoms with Crippen molar-refractivity contribution in [2.24, 2.45) is 5.10 Å². The molecule has 0 aliphatic carbocycles. The first-order chi connectivity index (χ1) is 3.29. The van der Waals surface area contributed by atoms with E-state index in [4.69, 9.17) is 0 Å². The fourth-order valence-corrected chi connectivity index (χ4v) is 0.531. The van der Waals surface area contributed by atoms with Gasteiger partial charge in [-0.1, -0.05) is 0 Å². The van der Waals surface area contributed by atoms with E-state index in [-0.39, 0.29) is 0 Å². The van der Waals surface area contributed by atoms with Crippen LogP contribution in [0.2, 0.25) is 0 Å². The third-order valence-electron chi connectivity index (χ3n) is 0.847. The second kappa shape index (κ2) is 1.46. The lowest BCUT2D eigenvalue weighted by molar-refractivity contribution is 0.676. The van der Waals surface area contributed by atoms with Crippen LogP contribution in [0.1, 0.15) is 6.92 Å². The van der Waals surface area contributed by atoms with Crippen LogP contribution in [0.15, 0.2) is 17.4 Å². The molecule has 0 aromatic carbocycles. The molecule has 0 saturated carbocycles. The van der Waals surface area contributed by atoms with Crippen molar-refractivity contribution in [1.29, 1.82) is 0 Å². The summed E-state index contributed by atoms with van der Waals surface area (Å²) in [4.78, 5) is 0. The Labute approximate surface area is 43.1 Å². The zero-order valence-corrected chi connectivity index (χ0v) is 4.55. The normalized spacial score (nSPS) is 20.6. The molecule has 0 fully saturated rings. The molecule has 2 heteroatoms. The van der Waals surface area contributed by atoms with Gasteiger partial charge in [-0.25, -0.2) is 0 Å². The summed E-state index contributed by atoms with van der Waals surface area (Å²) in [6.45, 7) is 1.97.